The summed E-state index contributed by atoms with van der Waals surface area (Å²) in [5.41, 5.74) is 5.60. The molecule has 1 heterocycles. The smallest absolute Gasteiger partial charge is 0.226 e. The predicted octanol–water partition coefficient (Wildman–Crippen LogP) is 0.760. The summed E-state index contributed by atoms with van der Waals surface area (Å²) in [6.07, 6.45) is 7.17. The minimum Gasteiger partial charge on any atom is -0.342 e. The van der Waals surface area contributed by atoms with Gasteiger partial charge in [-0.15, -0.1) is 0 Å². The predicted molar refractivity (Wildman–Crippen MR) is 55.6 cm³/mol. The number of amides is 1. The van der Waals surface area contributed by atoms with Gasteiger partial charge in [0.15, 0.2) is 0 Å². The van der Waals surface area contributed by atoms with Crippen LogP contribution in [0.4, 0.5) is 0 Å². The van der Waals surface area contributed by atoms with Crippen molar-refractivity contribution in [1.29, 1.82) is 0 Å². The zero-order valence-corrected chi connectivity index (χ0v) is 8.48. The van der Waals surface area contributed by atoms with Crippen LogP contribution in [0.5, 0.6) is 0 Å². The summed E-state index contributed by atoms with van der Waals surface area (Å²) in [7, 11) is 0. The van der Waals surface area contributed by atoms with Crippen molar-refractivity contribution in [2.24, 2.45) is 17.6 Å². The second-order valence-corrected chi connectivity index (χ2v) is 4.31. The number of carbonyl (C=O) groups excluding carboxylic acids is 1. The number of allylic oxidation sites excluding steroid dienone is 2. The maximum atomic E-state index is 12.0. The summed E-state index contributed by atoms with van der Waals surface area (Å²) < 4.78 is 0. The number of hydrogen-bond acceptors (Lipinski definition) is 2. The van der Waals surface area contributed by atoms with Gasteiger partial charge in [0, 0.05) is 19.0 Å². The molecule has 1 atom stereocenters. The van der Waals surface area contributed by atoms with Gasteiger partial charge in [-0.1, -0.05) is 12.2 Å². The Morgan fingerprint density at radius 3 is 2.71 bits per heavy atom. The molecule has 0 spiro atoms. The Labute approximate surface area is 84.9 Å². The van der Waals surface area contributed by atoms with Crippen molar-refractivity contribution < 1.29 is 4.79 Å². The van der Waals surface area contributed by atoms with Crippen molar-refractivity contribution in [3.05, 3.63) is 12.2 Å². The van der Waals surface area contributed by atoms with Crippen molar-refractivity contribution in [1.82, 2.24) is 4.90 Å². The largest absolute Gasteiger partial charge is 0.342 e. The maximum Gasteiger partial charge on any atom is 0.226 e. The second-order valence-electron chi connectivity index (χ2n) is 4.31. The van der Waals surface area contributed by atoms with Gasteiger partial charge in [0.1, 0.15) is 0 Å². The Balaban J connectivity index is 1.87. The van der Waals surface area contributed by atoms with Crippen molar-refractivity contribution in [2.45, 2.75) is 19.3 Å². The summed E-state index contributed by atoms with van der Waals surface area (Å²) in [6, 6.07) is 0. The Kier molecular flexibility index (Phi) is 2.87. The molecule has 2 aliphatic rings. The van der Waals surface area contributed by atoms with Gasteiger partial charge >= 0.3 is 0 Å². The van der Waals surface area contributed by atoms with Crippen LogP contribution in [0.15, 0.2) is 12.2 Å². The van der Waals surface area contributed by atoms with Crippen LogP contribution in [0.3, 0.4) is 0 Å². The third-order valence-corrected chi connectivity index (χ3v) is 3.29. The Hall–Kier alpha value is -0.830. The van der Waals surface area contributed by atoms with E-state index in [2.05, 4.69) is 12.2 Å². The molecule has 0 aromatic rings. The third kappa shape index (κ3) is 1.82. The number of nitrogens with two attached hydrogens (primary N) is 1. The zero-order chi connectivity index (χ0) is 9.97. The topological polar surface area (TPSA) is 46.3 Å². The fraction of sp³-hybridized carbons (Fsp3) is 0.727. The van der Waals surface area contributed by atoms with Crippen LogP contribution in [-0.4, -0.2) is 30.4 Å². The lowest BCUT2D eigenvalue weighted by atomic mass is 10.1. The standard InChI is InChI=1S/C11H18N2O/c12-7-9-5-6-13(8-9)11(14)10-3-1-2-4-10/h1-2,9-10H,3-8,12H2/t9-/m1/s1. The molecule has 0 aromatic heterocycles. The molecule has 2 N–H and O–H groups in total. The molecule has 1 fully saturated rings. The van der Waals surface area contributed by atoms with E-state index < -0.39 is 0 Å². The molecule has 0 radical (unpaired) electrons. The van der Waals surface area contributed by atoms with Crippen LogP contribution in [0.2, 0.25) is 0 Å². The lowest BCUT2D eigenvalue weighted by Gasteiger charge is -2.20. The van der Waals surface area contributed by atoms with E-state index in [-0.39, 0.29) is 5.92 Å². The summed E-state index contributed by atoms with van der Waals surface area (Å²) in [5.74, 6) is 1.10. The highest BCUT2D eigenvalue weighted by Gasteiger charge is 2.30. The van der Waals surface area contributed by atoms with Crippen molar-refractivity contribution in [2.75, 3.05) is 19.6 Å². The van der Waals surface area contributed by atoms with E-state index in [9.17, 15) is 4.79 Å². The SMILES string of the molecule is NC[C@H]1CCN(C(=O)C2CC=CC2)C1. The average Bonchev–Trinajstić information content (AvgIpc) is 2.88. The van der Waals surface area contributed by atoms with Gasteiger partial charge in [-0.25, -0.2) is 0 Å². The molecule has 1 saturated heterocycles. The van der Waals surface area contributed by atoms with E-state index in [0.29, 0.717) is 18.4 Å². The van der Waals surface area contributed by atoms with Gasteiger partial charge in [-0.05, 0) is 31.7 Å². The highest BCUT2D eigenvalue weighted by Crippen LogP contribution is 2.24. The highest BCUT2D eigenvalue weighted by atomic mass is 16.2. The van der Waals surface area contributed by atoms with Crippen molar-refractivity contribution in [3.63, 3.8) is 0 Å². The molecule has 0 saturated carbocycles. The summed E-state index contributed by atoms with van der Waals surface area (Å²) in [5, 5.41) is 0. The number of likely N-dealkylation sites (tertiary alicyclic amines) is 1. The van der Waals surface area contributed by atoms with Crippen LogP contribution >= 0.6 is 0 Å². The van der Waals surface area contributed by atoms with Crippen LogP contribution in [0, 0.1) is 11.8 Å². The van der Waals surface area contributed by atoms with Crippen molar-refractivity contribution in [3.8, 4) is 0 Å². The lowest BCUT2D eigenvalue weighted by molar-refractivity contribution is -0.134. The zero-order valence-electron chi connectivity index (χ0n) is 8.48. The summed E-state index contributed by atoms with van der Waals surface area (Å²) >= 11 is 0. The molecule has 78 valence electrons. The Morgan fingerprint density at radius 1 is 1.43 bits per heavy atom. The van der Waals surface area contributed by atoms with Gasteiger partial charge in [0.25, 0.3) is 0 Å². The first-order valence-corrected chi connectivity index (χ1v) is 5.45. The molecule has 1 amide bonds. The van der Waals surface area contributed by atoms with E-state index in [0.717, 1.165) is 32.4 Å². The molecule has 1 aliphatic carbocycles. The number of hydrogen-bond donors (Lipinski definition) is 1. The molecule has 3 heteroatoms. The fourth-order valence-corrected chi connectivity index (χ4v) is 2.30. The highest BCUT2D eigenvalue weighted by molar-refractivity contribution is 5.79. The summed E-state index contributed by atoms with van der Waals surface area (Å²) in [6.45, 7) is 2.51. The first kappa shape index (κ1) is 9.71. The van der Waals surface area contributed by atoms with E-state index in [1.807, 2.05) is 4.90 Å². The van der Waals surface area contributed by atoms with E-state index in [1.54, 1.807) is 0 Å². The third-order valence-electron chi connectivity index (χ3n) is 3.29. The average molecular weight is 194 g/mol. The minimum absolute atomic E-state index is 0.228. The van der Waals surface area contributed by atoms with Crippen LogP contribution in [0.25, 0.3) is 0 Å². The molecular weight excluding hydrogens is 176 g/mol. The van der Waals surface area contributed by atoms with Crippen LogP contribution in [-0.2, 0) is 4.79 Å². The number of rotatable bonds is 2. The molecule has 3 nitrogen and oxygen atoms in total. The van der Waals surface area contributed by atoms with E-state index in [4.69, 9.17) is 5.73 Å². The number of carbonyl (C=O) groups is 1. The van der Waals surface area contributed by atoms with Gasteiger partial charge in [0.2, 0.25) is 5.91 Å². The molecule has 0 bridgehead atoms. The molecule has 1 aliphatic heterocycles. The van der Waals surface area contributed by atoms with Gasteiger partial charge in [-0.2, -0.15) is 0 Å². The van der Waals surface area contributed by atoms with Crippen LogP contribution in [0.1, 0.15) is 19.3 Å². The quantitative estimate of drug-likeness (QED) is 0.660. The van der Waals surface area contributed by atoms with Gasteiger partial charge in [0.05, 0.1) is 0 Å². The van der Waals surface area contributed by atoms with E-state index in [1.165, 1.54) is 0 Å². The minimum atomic E-state index is 0.228. The molecule has 14 heavy (non-hydrogen) atoms. The number of nitrogens with zero attached hydrogens (tertiary/aromatic N) is 1. The fourth-order valence-electron chi connectivity index (χ4n) is 2.30. The monoisotopic (exact) mass is 194 g/mol. The van der Waals surface area contributed by atoms with E-state index >= 15 is 0 Å². The summed E-state index contributed by atoms with van der Waals surface area (Å²) in [4.78, 5) is 13.9. The lowest BCUT2D eigenvalue weighted by Crippen LogP contribution is -2.34. The molecule has 0 unspecified atom stereocenters. The maximum absolute atomic E-state index is 12.0. The second kappa shape index (κ2) is 4.13. The molecule has 0 aromatic carbocycles. The molecular formula is C11H18N2O. The van der Waals surface area contributed by atoms with Gasteiger partial charge in [-0.3, -0.25) is 4.79 Å². The Bertz CT molecular complexity index is 242. The Morgan fingerprint density at radius 2 is 2.14 bits per heavy atom. The van der Waals surface area contributed by atoms with Crippen molar-refractivity contribution >= 4 is 5.91 Å². The normalized spacial score (nSPS) is 27.5. The molecule has 2 rings (SSSR count). The van der Waals surface area contributed by atoms with Gasteiger partial charge < -0.3 is 10.6 Å². The first-order valence-electron chi connectivity index (χ1n) is 5.45. The first-order chi connectivity index (χ1) is 6.81. The van der Waals surface area contributed by atoms with Crippen LogP contribution < -0.4 is 5.73 Å².